The smallest absolute Gasteiger partial charge is 0.112 e. The molecule has 0 unspecified atom stereocenters. The second kappa shape index (κ2) is 2.89. The van der Waals surface area contributed by atoms with Gasteiger partial charge in [0.2, 0.25) is 0 Å². The summed E-state index contributed by atoms with van der Waals surface area (Å²) in [7, 11) is 0. The molecule has 1 N–H and O–H groups in total. The first kappa shape index (κ1) is 7.35. The van der Waals surface area contributed by atoms with Crippen LogP contribution in [0.1, 0.15) is 0 Å². The number of para-hydroxylation sites is 1. The summed E-state index contributed by atoms with van der Waals surface area (Å²) < 4.78 is 0. The molecule has 0 bridgehead atoms. The van der Waals surface area contributed by atoms with Gasteiger partial charge in [-0.15, -0.1) is 5.10 Å². The van der Waals surface area contributed by atoms with E-state index < -0.39 is 0 Å². The molecule has 0 amide bonds. The molecule has 0 spiro atoms. The van der Waals surface area contributed by atoms with Gasteiger partial charge in [-0.2, -0.15) is 0 Å². The maximum Gasteiger partial charge on any atom is 0.112 e. The number of aromatic amines is 1. The summed E-state index contributed by atoms with van der Waals surface area (Å²) in [5, 5.41) is 10.2. The van der Waals surface area contributed by atoms with Gasteiger partial charge in [-0.3, -0.25) is 5.10 Å². The molecule has 0 fully saturated rings. The van der Waals surface area contributed by atoms with Crippen molar-refractivity contribution in [2.24, 2.45) is 0 Å². The van der Waals surface area contributed by atoms with Gasteiger partial charge >= 0.3 is 0 Å². The molecule has 1 aromatic carbocycles. The molecule has 0 atom stereocenters. The summed E-state index contributed by atoms with van der Waals surface area (Å²) in [5.74, 6) is 0. The van der Waals surface area contributed by atoms with E-state index in [1.54, 1.807) is 0 Å². The Morgan fingerprint density at radius 3 is 2.80 bits per heavy atom. The normalized spacial score (nSPS) is 9.20. The van der Waals surface area contributed by atoms with E-state index in [2.05, 4.69) is 15.4 Å². The molecular formula is C6H5N3Zn. The van der Waals surface area contributed by atoms with E-state index >= 15 is 0 Å². The molecule has 0 aliphatic heterocycles. The van der Waals surface area contributed by atoms with Crippen molar-refractivity contribution >= 4 is 11.0 Å². The van der Waals surface area contributed by atoms with E-state index in [0.29, 0.717) is 0 Å². The average Bonchev–Trinajstić information content (AvgIpc) is 2.33. The number of aromatic nitrogens is 3. The number of benzene rings is 1. The van der Waals surface area contributed by atoms with Crippen molar-refractivity contribution in [3.8, 4) is 0 Å². The van der Waals surface area contributed by atoms with Crippen LogP contribution < -0.4 is 0 Å². The van der Waals surface area contributed by atoms with E-state index in [4.69, 9.17) is 0 Å². The summed E-state index contributed by atoms with van der Waals surface area (Å²) in [6, 6.07) is 7.74. The van der Waals surface area contributed by atoms with E-state index in [-0.39, 0.29) is 19.5 Å². The predicted molar refractivity (Wildman–Crippen MR) is 33.9 cm³/mol. The molecule has 46 valence electrons. The van der Waals surface area contributed by atoms with Crippen LogP contribution in [0.2, 0.25) is 0 Å². The Morgan fingerprint density at radius 2 is 2.00 bits per heavy atom. The minimum Gasteiger partial charge on any atom is -0.258 e. The molecule has 1 aromatic heterocycles. The Kier molecular flexibility index (Phi) is 2.12. The van der Waals surface area contributed by atoms with Gasteiger partial charge in [0, 0.05) is 19.5 Å². The van der Waals surface area contributed by atoms with Crippen LogP contribution >= 0.6 is 0 Å². The van der Waals surface area contributed by atoms with Gasteiger partial charge in [-0.05, 0) is 12.1 Å². The Morgan fingerprint density at radius 1 is 1.20 bits per heavy atom. The quantitative estimate of drug-likeness (QED) is 0.620. The van der Waals surface area contributed by atoms with Crippen molar-refractivity contribution < 1.29 is 19.5 Å². The number of hydrogen-bond acceptors (Lipinski definition) is 2. The maximum atomic E-state index is 3.81. The number of nitrogens with zero attached hydrogens (tertiary/aromatic N) is 2. The molecule has 3 nitrogen and oxygen atoms in total. The van der Waals surface area contributed by atoms with E-state index in [0.717, 1.165) is 11.0 Å². The third kappa shape index (κ3) is 1.07. The van der Waals surface area contributed by atoms with Gasteiger partial charge in [-0.1, -0.05) is 17.3 Å². The van der Waals surface area contributed by atoms with Crippen molar-refractivity contribution in [1.82, 2.24) is 15.4 Å². The van der Waals surface area contributed by atoms with E-state index in [1.165, 1.54) is 0 Å². The molecular weight excluding hydrogens is 179 g/mol. The van der Waals surface area contributed by atoms with Gasteiger partial charge in [0.15, 0.2) is 0 Å². The van der Waals surface area contributed by atoms with Crippen molar-refractivity contribution in [1.29, 1.82) is 0 Å². The summed E-state index contributed by atoms with van der Waals surface area (Å²) in [6.45, 7) is 0. The van der Waals surface area contributed by atoms with Crippen LogP contribution in [-0.4, -0.2) is 15.4 Å². The van der Waals surface area contributed by atoms with Crippen LogP contribution in [0, 0.1) is 0 Å². The molecule has 1 heterocycles. The van der Waals surface area contributed by atoms with Gasteiger partial charge in [0.25, 0.3) is 0 Å². The zero-order chi connectivity index (χ0) is 6.10. The van der Waals surface area contributed by atoms with Crippen LogP contribution in [0.5, 0.6) is 0 Å². The van der Waals surface area contributed by atoms with Crippen molar-refractivity contribution in [3.63, 3.8) is 0 Å². The Bertz CT molecular complexity index is 287. The SMILES string of the molecule is [Zn].c1ccc2[nH]nnc2c1. The number of H-pyrrole nitrogens is 1. The molecule has 2 rings (SSSR count). The van der Waals surface area contributed by atoms with Crippen molar-refractivity contribution in [3.05, 3.63) is 24.3 Å². The second-order valence-electron chi connectivity index (χ2n) is 1.83. The third-order valence-corrected chi connectivity index (χ3v) is 1.23. The van der Waals surface area contributed by atoms with Gasteiger partial charge in [-0.25, -0.2) is 0 Å². The van der Waals surface area contributed by atoms with Crippen molar-refractivity contribution in [2.45, 2.75) is 0 Å². The fourth-order valence-electron chi connectivity index (χ4n) is 0.788. The molecule has 0 aliphatic carbocycles. The summed E-state index contributed by atoms with van der Waals surface area (Å²) in [6.07, 6.45) is 0. The van der Waals surface area contributed by atoms with E-state index in [1.807, 2.05) is 24.3 Å². The number of rotatable bonds is 0. The zero-order valence-electron chi connectivity index (χ0n) is 5.41. The third-order valence-electron chi connectivity index (χ3n) is 1.23. The minimum absolute atomic E-state index is 0. The summed E-state index contributed by atoms with van der Waals surface area (Å²) >= 11 is 0. The first-order valence-corrected chi connectivity index (χ1v) is 2.72. The molecule has 0 radical (unpaired) electrons. The van der Waals surface area contributed by atoms with Gasteiger partial charge in [0.1, 0.15) is 5.52 Å². The topological polar surface area (TPSA) is 41.6 Å². The van der Waals surface area contributed by atoms with Crippen LogP contribution in [0.3, 0.4) is 0 Å². The fourth-order valence-corrected chi connectivity index (χ4v) is 0.788. The number of nitrogens with one attached hydrogen (secondary N) is 1. The Hall–Kier alpha value is -0.757. The Labute approximate surface area is 70.6 Å². The van der Waals surface area contributed by atoms with Crippen LogP contribution in [0.25, 0.3) is 11.0 Å². The van der Waals surface area contributed by atoms with Crippen molar-refractivity contribution in [2.75, 3.05) is 0 Å². The number of fused-ring (bicyclic) bond motifs is 1. The maximum absolute atomic E-state index is 3.81. The Balaban J connectivity index is 0.000000500. The first-order chi connectivity index (χ1) is 4.47. The van der Waals surface area contributed by atoms with Gasteiger partial charge in [0.05, 0.1) is 5.52 Å². The second-order valence-corrected chi connectivity index (χ2v) is 1.83. The molecule has 10 heavy (non-hydrogen) atoms. The molecule has 2 aromatic rings. The monoisotopic (exact) mass is 183 g/mol. The first-order valence-electron chi connectivity index (χ1n) is 2.72. The molecule has 0 saturated carbocycles. The van der Waals surface area contributed by atoms with E-state index in [9.17, 15) is 0 Å². The largest absolute Gasteiger partial charge is 0.258 e. The van der Waals surface area contributed by atoms with Crippen LogP contribution in [0.15, 0.2) is 24.3 Å². The zero-order valence-corrected chi connectivity index (χ0v) is 8.38. The molecule has 0 aliphatic rings. The summed E-state index contributed by atoms with van der Waals surface area (Å²) in [4.78, 5) is 0. The molecule has 4 heteroatoms. The molecule has 0 saturated heterocycles. The standard InChI is InChI=1S/C6H5N3.Zn/c1-2-4-6-5(3-1)7-9-8-6;/h1-4H,(H,7,8,9);. The fraction of sp³-hybridized carbons (Fsp3) is 0. The number of hydrogen-bond donors (Lipinski definition) is 1. The average molecular weight is 185 g/mol. The van der Waals surface area contributed by atoms with Crippen LogP contribution in [-0.2, 0) is 19.5 Å². The van der Waals surface area contributed by atoms with Gasteiger partial charge < -0.3 is 0 Å². The summed E-state index contributed by atoms with van der Waals surface area (Å²) in [5.41, 5.74) is 1.90. The minimum atomic E-state index is 0. The predicted octanol–water partition coefficient (Wildman–Crippen LogP) is 0.955. The van der Waals surface area contributed by atoms with Crippen LogP contribution in [0.4, 0.5) is 0 Å².